The average molecular weight is 585 g/mol. The van der Waals surface area contributed by atoms with Gasteiger partial charge in [-0.25, -0.2) is 13.1 Å². The predicted octanol–water partition coefficient (Wildman–Crippen LogP) is 5.00. The molecule has 1 fully saturated rings. The third kappa shape index (κ3) is 5.03. The number of anilines is 1. The van der Waals surface area contributed by atoms with Crippen LogP contribution in [0.2, 0.25) is 5.02 Å². The first-order valence-electron chi connectivity index (χ1n) is 14.3. The van der Waals surface area contributed by atoms with Crippen molar-refractivity contribution < 1.29 is 23.1 Å². The Hall–Kier alpha value is -2.55. The summed E-state index contributed by atoms with van der Waals surface area (Å²) in [4.78, 5) is 15.4. The lowest BCUT2D eigenvalue weighted by Gasteiger charge is -2.52. The number of carbonyl (C=O) groups is 1. The van der Waals surface area contributed by atoms with Gasteiger partial charge < -0.3 is 14.7 Å². The highest BCUT2D eigenvalue weighted by atomic mass is 35.5. The quantitative estimate of drug-likeness (QED) is 0.423. The first-order valence-corrected chi connectivity index (χ1v) is 16.3. The second-order valence-corrected chi connectivity index (χ2v) is 14.6. The summed E-state index contributed by atoms with van der Waals surface area (Å²) in [5.41, 5.74) is 3.07. The van der Waals surface area contributed by atoms with Gasteiger partial charge in [0.2, 0.25) is 10.0 Å². The molecule has 4 aliphatic rings. The number of aryl methyl sites for hydroxylation is 1. The molecule has 2 aliphatic heterocycles. The number of nitrogens with one attached hydrogen (secondary N) is 1. The monoisotopic (exact) mass is 584 g/mol. The van der Waals surface area contributed by atoms with E-state index in [2.05, 4.69) is 28.7 Å². The van der Waals surface area contributed by atoms with Gasteiger partial charge in [-0.05, 0) is 97.7 Å². The van der Waals surface area contributed by atoms with Crippen LogP contribution in [0, 0.1) is 11.3 Å². The lowest BCUT2D eigenvalue weighted by molar-refractivity contribution is -0.0695. The molecule has 1 amide bonds. The number of aliphatic hydroxyl groups excluding tert-OH is 1. The summed E-state index contributed by atoms with van der Waals surface area (Å²) >= 11 is 6.38. The number of nitrogens with zero attached hydrogens (tertiary/aromatic N) is 1. The summed E-state index contributed by atoms with van der Waals surface area (Å²) in [5.74, 6) is 0.109. The third-order valence-corrected chi connectivity index (χ3v) is 11.3. The Morgan fingerprint density at radius 3 is 2.80 bits per heavy atom. The van der Waals surface area contributed by atoms with Crippen molar-refractivity contribution in [3.8, 4) is 5.75 Å². The molecule has 1 spiro atoms. The van der Waals surface area contributed by atoms with Crippen molar-refractivity contribution in [2.45, 2.75) is 63.4 Å². The minimum Gasteiger partial charge on any atom is -0.490 e. The number of rotatable bonds is 0. The molecule has 2 bridgehead atoms. The van der Waals surface area contributed by atoms with E-state index in [9.17, 15) is 18.3 Å². The zero-order valence-corrected chi connectivity index (χ0v) is 24.4. The molecule has 9 heteroatoms. The number of amides is 1. The van der Waals surface area contributed by atoms with E-state index in [0.717, 1.165) is 42.8 Å². The summed E-state index contributed by atoms with van der Waals surface area (Å²) in [5, 5.41) is 12.0. The van der Waals surface area contributed by atoms with Crippen LogP contribution in [0.25, 0.3) is 0 Å². The van der Waals surface area contributed by atoms with Crippen molar-refractivity contribution in [2.24, 2.45) is 11.3 Å². The summed E-state index contributed by atoms with van der Waals surface area (Å²) in [6.07, 6.45) is 8.80. The molecule has 2 aliphatic carbocycles. The summed E-state index contributed by atoms with van der Waals surface area (Å²) in [7, 11) is -3.81. The Labute approximate surface area is 241 Å². The number of hydrogen-bond acceptors (Lipinski definition) is 6. The van der Waals surface area contributed by atoms with Gasteiger partial charge in [0.25, 0.3) is 5.91 Å². The number of fused-ring (bicyclic) bond motifs is 4. The van der Waals surface area contributed by atoms with Gasteiger partial charge in [-0.1, -0.05) is 36.7 Å². The molecule has 40 heavy (non-hydrogen) atoms. The molecular formula is C31H37ClN2O5S. The maximum absolute atomic E-state index is 13.1. The smallest absolute Gasteiger partial charge is 0.264 e. The van der Waals surface area contributed by atoms with Gasteiger partial charge >= 0.3 is 0 Å². The van der Waals surface area contributed by atoms with Crippen LogP contribution >= 0.6 is 11.6 Å². The van der Waals surface area contributed by atoms with Crippen LogP contribution < -0.4 is 14.4 Å². The Bertz CT molecular complexity index is 1460. The van der Waals surface area contributed by atoms with Crippen LogP contribution in [0.1, 0.15) is 66.9 Å². The number of sulfonamides is 1. The Morgan fingerprint density at radius 1 is 1.15 bits per heavy atom. The van der Waals surface area contributed by atoms with E-state index in [4.69, 9.17) is 16.3 Å². The molecule has 2 heterocycles. The predicted molar refractivity (Wildman–Crippen MR) is 157 cm³/mol. The molecule has 214 valence electrons. The van der Waals surface area contributed by atoms with Crippen LogP contribution in [-0.4, -0.2) is 51.0 Å². The normalized spacial score (nSPS) is 32.5. The van der Waals surface area contributed by atoms with E-state index in [0.29, 0.717) is 31.9 Å². The maximum Gasteiger partial charge on any atom is 0.264 e. The molecule has 0 unspecified atom stereocenters. The number of benzene rings is 2. The number of aliphatic hydroxyl groups is 1. The van der Waals surface area contributed by atoms with Crippen molar-refractivity contribution in [3.63, 3.8) is 0 Å². The van der Waals surface area contributed by atoms with E-state index in [1.54, 1.807) is 24.3 Å². The third-order valence-electron chi connectivity index (χ3n) is 9.79. The van der Waals surface area contributed by atoms with Crippen LogP contribution in [0.4, 0.5) is 5.69 Å². The minimum absolute atomic E-state index is 0.197. The summed E-state index contributed by atoms with van der Waals surface area (Å²) in [6.45, 7) is 4.07. The van der Waals surface area contributed by atoms with Crippen molar-refractivity contribution in [1.29, 1.82) is 0 Å². The van der Waals surface area contributed by atoms with E-state index in [1.807, 2.05) is 12.1 Å². The van der Waals surface area contributed by atoms with Gasteiger partial charge in [0.05, 0.1) is 24.2 Å². The largest absolute Gasteiger partial charge is 0.490 e. The molecule has 0 saturated heterocycles. The Kier molecular flexibility index (Phi) is 7.16. The van der Waals surface area contributed by atoms with Gasteiger partial charge in [0.1, 0.15) is 5.75 Å². The highest BCUT2D eigenvalue weighted by Gasteiger charge is 2.49. The second-order valence-electron chi connectivity index (χ2n) is 12.3. The van der Waals surface area contributed by atoms with Gasteiger partial charge in [0.15, 0.2) is 0 Å². The molecule has 0 radical (unpaired) electrons. The molecule has 4 atom stereocenters. The molecule has 1 saturated carbocycles. The van der Waals surface area contributed by atoms with Gasteiger partial charge in [-0.3, -0.25) is 4.79 Å². The van der Waals surface area contributed by atoms with Crippen LogP contribution in [0.5, 0.6) is 5.75 Å². The van der Waals surface area contributed by atoms with Gasteiger partial charge in [-0.15, -0.1) is 0 Å². The number of carbonyl (C=O) groups excluding carboxylic acids is 1. The van der Waals surface area contributed by atoms with E-state index in [1.165, 1.54) is 11.1 Å². The van der Waals surface area contributed by atoms with Crippen LogP contribution in [0.3, 0.4) is 0 Å². The van der Waals surface area contributed by atoms with E-state index >= 15 is 0 Å². The average Bonchev–Trinajstić information content (AvgIpc) is 3.06. The molecule has 2 aromatic rings. The molecule has 0 aromatic heterocycles. The molecule has 2 N–H and O–H groups in total. The first-order chi connectivity index (χ1) is 19.1. The van der Waals surface area contributed by atoms with Crippen molar-refractivity contribution in [1.82, 2.24) is 4.72 Å². The minimum atomic E-state index is -3.81. The van der Waals surface area contributed by atoms with Gasteiger partial charge in [-0.2, -0.15) is 0 Å². The molecular weight excluding hydrogens is 548 g/mol. The highest BCUT2D eigenvalue weighted by molar-refractivity contribution is 7.90. The SMILES string of the molecule is C[C@@]12CC[C@@H]1CN1C[C@@]3(CCCc4cc(Cl)ccc43)COc3ccc(cc31)C(=O)NS(=O)(=O)CC/C=C/C[C@@H]2O. The van der Waals surface area contributed by atoms with Crippen LogP contribution in [0.15, 0.2) is 48.6 Å². The number of halogens is 1. The summed E-state index contributed by atoms with van der Waals surface area (Å²) in [6, 6.07) is 11.3. The van der Waals surface area contributed by atoms with Crippen molar-refractivity contribution in [2.75, 3.05) is 30.3 Å². The standard InChI is InChI=1S/C31H37ClN2O5S/c1-30-14-12-23(30)18-34-19-31(13-5-6-21-16-24(32)9-10-25(21)31)20-39-27-11-8-22(17-26(27)34)29(36)33-40(37,38)15-4-2-3-7-28(30)35/h2-3,8-11,16-17,23,28,35H,4-7,12-15,18-20H2,1H3,(H,33,36)/b3-2+/t23-,28+,30-,31+/m1/s1. The summed E-state index contributed by atoms with van der Waals surface area (Å²) < 4.78 is 34.0. The first kappa shape index (κ1) is 27.6. The number of allylic oxidation sites excluding steroid dienone is 1. The Balaban J connectivity index is 1.43. The van der Waals surface area contributed by atoms with Crippen molar-refractivity contribution in [3.05, 3.63) is 70.3 Å². The topological polar surface area (TPSA) is 95.9 Å². The van der Waals surface area contributed by atoms with E-state index in [-0.39, 0.29) is 34.5 Å². The van der Waals surface area contributed by atoms with Crippen molar-refractivity contribution >= 4 is 33.2 Å². The fourth-order valence-corrected chi connectivity index (χ4v) is 8.29. The van der Waals surface area contributed by atoms with Gasteiger partial charge in [0, 0.05) is 29.1 Å². The zero-order valence-electron chi connectivity index (χ0n) is 22.9. The zero-order chi connectivity index (χ0) is 28.1. The second kappa shape index (κ2) is 10.4. The fraction of sp³-hybridized carbons (Fsp3) is 0.516. The van der Waals surface area contributed by atoms with E-state index < -0.39 is 22.0 Å². The molecule has 2 aromatic carbocycles. The van der Waals surface area contributed by atoms with Crippen LogP contribution in [-0.2, 0) is 21.9 Å². The molecule has 6 rings (SSSR count). The number of ether oxygens (including phenoxy) is 1. The fourth-order valence-electron chi connectivity index (χ4n) is 7.15. The number of hydrogen-bond donors (Lipinski definition) is 2. The highest BCUT2D eigenvalue weighted by Crippen LogP contribution is 2.52. The Morgan fingerprint density at radius 2 is 2.00 bits per heavy atom. The lowest BCUT2D eigenvalue weighted by atomic mass is 9.57. The maximum atomic E-state index is 13.1. The lowest BCUT2D eigenvalue weighted by Crippen LogP contribution is -2.53. The molecule has 7 nitrogen and oxygen atoms in total.